The molecular formula is C30H25F3N4O4. The fraction of sp³-hybridized carbons (Fsp3) is 0.267. The van der Waals surface area contributed by atoms with Gasteiger partial charge in [0.1, 0.15) is 23.5 Å². The summed E-state index contributed by atoms with van der Waals surface area (Å²) in [5, 5.41) is 2.22. The van der Waals surface area contributed by atoms with Crippen molar-refractivity contribution >= 4 is 23.8 Å². The van der Waals surface area contributed by atoms with Gasteiger partial charge in [-0.1, -0.05) is 42.5 Å². The third-order valence-corrected chi connectivity index (χ3v) is 7.93. The second-order valence-electron chi connectivity index (χ2n) is 10.3. The lowest BCUT2D eigenvalue weighted by Crippen LogP contribution is -2.52. The van der Waals surface area contributed by atoms with Crippen molar-refractivity contribution in [3.05, 3.63) is 106 Å². The van der Waals surface area contributed by atoms with Gasteiger partial charge in [-0.25, -0.2) is 18.0 Å². The predicted octanol–water partition coefficient (Wildman–Crippen LogP) is 3.89. The summed E-state index contributed by atoms with van der Waals surface area (Å²) in [5.41, 5.74) is 0.707. The summed E-state index contributed by atoms with van der Waals surface area (Å²) in [4.78, 5) is 54.4. The monoisotopic (exact) mass is 562 g/mol. The first kappa shape index (κ1) is 26.5. The highest BCUT2D eigenvalue weighted by Crippen LogP contribution is 2.36. The van der Waals surface area contributed by atoms with Gasteiger partial charge < -0.3 is 14.7 Å². The molecule has 0 aliphatic carbocycles. The van der Waals surface area contributed by atoms with E-state index in [1.54, 1.807) is 12.1 Å². The molecule has 3 aliphatic heterocycles. The number of nitrogens with one attached hydrogen (secondary N) is 1. The average Bonchev–Trinajstić information content (AvgIpc) is 3.48. The lowest BCUT2D eigenvalue weighted by atomic mass is 9.96. The van der Waals surface area contributed by atoms with Gasteiger partial charge in [-0.2, -0.15) is 0 Å². The Morgan fingerprint density at radius 2 is 1.51 bits per heavy atom. The smallest absolute Gasteiger partial charge is 0.321 e. The Kier molecular flexibility index (Phi) is 6.72. The molecule has 8 nitrogen and oxygen atoms in total. The van der Waals surface area contributed by atoms with Gasteiger partial charge in [0.15, 0.2) is 0 Å². The number of nitrogens with zero attached hydrogens (tertiary/aromatic N) is 3. The Labute approximate surface area is 233 Å². The molecule has 3 heterocycles. The number of amides is 5. The normalized spacial score (nSPS) is 18.9. The molecule has 3 aromatic carbocycles. The van der Waals surface area contributed by atoms with Crippen molar-refractivity contribution in [1.82, 2.24) is 20.0 Å². The van der Waals surface area contributed by atoms with Crippen LogP contribution in [0.15, 0.2) is 60.7 Å². The first-order valence-corrected chi connectivity index (χ1v) is 13.2. The number of fused-ring (bicyclic) bond motifs is 1. The summed E-state index contributed by atoms with van der Waals surface area (Å²) in [6.45, 7) is 0.0851. The second-order valence-corrected chi connectivity index (χ2v) is 10.3. The number of carbonyl (C=O) groups is 4. The Morgan fingerprint density at radius 1 is 0.854 bits per heavy atom. The average molecular weight is 563 g/mol. The number of urea groups is 1. The number of hydrogen-bond donors (Lipinski definition) is 1. The maximum absolute atomic E-state index is 15.7. The van der Waals surface area contributed by atoms with Crippen LogP contribution in [0.3, 0.4) is 0 Å². The molecule has 0 saturated carbocycles. The van der Waals surface area contributed by atoms with Crippen LogP contribution in [0.1, 0.15) is 51.5 Å². The van der Waals surface area contributed by atoms with Gasteiger partial charge in [-0.3, -0.25) is 19.7 Å². The molecule has 1 unspecified atom stereocenters. The van der Waals surface area contributed by atoms with Gasteiger partial charge in [0, 0.05) is 47.3 Å². The maximum Gasteiger partial charge on any atom is 0.321 e. The number of benzene rings is 3. The molecule has 210 valence electrons. The van der Waals surface area contributed by atoms with Gasteiger partial charge in [0.05, 0.1) is 19.1 Å². The van der Waals surface area contributed by atoms with Crippen molar-refractivity contribution < 1.29 is 32.3 Å². The Balaban J connectivity index is 1.25. The molecule has 0 spiro atoms. The van der Waals surface area contributed by atoms with Gasteiger partial charge in [-0.15, -0.1) is 0 Å². The molecule has 0 radical (unpaired) electrons. The summed E-state index contributed by atoms with van der Waals surface area (Å²) in [6, 6.07) is 12.3. The predicted molar refractivity (Wildman–Crippen MR) is 140 cm³/mol. The van der Waals surface area contributed by atoms with Crippen molar-refractivity contribution in [2.75, 3.05) is 13.1 Å². The first-order chi connectivity index (χ1) is 19.7. The maximum atomic E-state index is 15.7. The van der Waals surface area contributed by atoms with Crippen LogP contribution in [0.25, 0.3) is 0 Å². The molecule has 2 saturated heterocycles. The van der Waals surface area contributed by atoms with E-state index in [2.05, 4.69) is 5.32 Å². The van der Waals surface area contributed by atoms with Gasteiger partial charge in [0.25, 0.3) is 5.91 Å². The zero-order valence-corrected chi connectivity index (χ0v) is 21.8. The van der Waals surface area contributed by atoms with Gasteiger partial charge >= 0.3 is 6.03 Å². The van der Waals surface area contributed by atoms with Crippen LogP contribution in [0.5, 0.6) is 0 Å². The van der Waals surface area contributed by atoms with Gasteiger partial charge in [0.2, 0.25) is 11.8 Å². The fourth-order valence-corrected chi connectivity index (χ4v) is 5.87. The van der Waals surface area contributed by atoms with Crippen molar-refractivity contribution in [2.45, 2.75) is 38.0 Å². The van der Waals surface area contributed by atoms with E-state index < -0.39 is 53.3 Å². The Morgan fingerprint density at radius 3 is 2.15 bits per heavy atom. The van der Waals surface area contributed by atoms with Crippen LogP contribution in [0, 0.1) is 17.5 Å². The molecule has 6 rings (SSSR count). The third kappa shape index (κ3) is 4.60. The Bertz CT molecular complexity index is 1550. The van der Waals surface area contributed by atoms with Crippen molar-refractivity contribution in [1.29, 1.82) is 0 Å². The summed E-state index contributed by atoms with van der Waals surface area (Å²) in [5.74, 6) is -3.33. The van der Waals surface area contributed by atoms with E-state index in [0.29, 0.717) is 0 Å². The van der Waals surface area contributed by atoms with Crippen molar-refractivity contribution in [3.8, 4) is 0 Å². The summed E-state index contributed by atoms with van der Waals surface area (Å²) in [6.07, 6.45) is 0.237. The zero-order valence-electron chi connectivity index (χ0n) is 21.8. The number of halogens is 3. The number of piperidine rings is 1. The minimum Gasteiger partial charge on any atom is -0.322 e. The molecule has 11 heteroatoms. The molecule has 1 N–H and O–H groups in total. The van der Waals surface area contributed by atoms with E-state index in [9.17, 15) is 28.0 Å². The van der Waals surface area contributed by atoms with Gasteiger partial charge in [-0.05, 0) is 24.6 Å². The van der Waals surface area contributed by atoms with E-state index in [-0.39, 0.29) is 66.8 Å². The first-order valence-electron chi connectivity index (χ1n) is 13.2. The quantitative estimate of drug-likeness (QED) is 0.462. The summed E-state index contributed by atoms with van der Waals surface area (Å²) >= 11 is 0. The molecule has 0 aromatic heterocycles. The zero-order chi connectivity index (χ0) is 28.8. The minimum atomic E-state index is -1.03. The van der Waals surface area contributed by atoms with E-state index >= 15 is 4.39 Å². The standard InChI is InChI=1S/C30H25F3N4O4/c31-22-7-3-1-5-19(22)27(20-6-2-4-8-23(20)32)36-14-13-35(30(36)41)15-17-9-10-18-21(26(17)33)16-37(29(18)40)24-11-12-25(38)34-28(24)39/h1-10,24,27H,11-16H2,(H,34,38,39). The molecule has 3 aromatic rings. The highest BCUT2D eigenvalue weighted by molar-refractivity contribution is 6.05. The molecule has 1 atom stereocenters. The second kappa shape index (κ2) is 10.4. The molecular weight excluding hydrogens is 537 g/mol. The number of imide groups is 1. The van der Waals surface area contributed by atoms with Crippen LogP contribution in [0.4, 0.5) is 18.0 Å². The molecule has 3 aliphatic rings. The highest BCUT2D eigenvalue weighted by atomic mass is 19.1. The third-order valence-electron chi connectivity index (χ3n) is 7.93. The van der Waals surface area contributed by atoms with Crippen LogP contribution < -0.4 is 5.32 Å². The fourth-order valence-electron chi connectivity index (χ4n) is 5.87. The van der Waals surface area contributed by atoms with Crippen LogP contribution >= 0.6 is 0 Å². The van der Waals surface area contributed by atoms with Crippen LogP contribution in [-0.4, -0.2) is 57.6 Å². The number of carbonyl (C=O) groups excluding carboxylic acids is 4. The van der Waals surface area contributed by atoms with E-state index in [4.69, 9.17) is 0 Å². The lowest BCUT2D eigenvalue weighted by Gasteiger charge is -2.29. The number of rotatable bonds is 6. The van der Waals surface area contributed by atoms with Crippen molar-refractivity contribution in [3.63, 3.8) is 0 Å². The minimum absolute atomic E-state index is 0.0819. The SMILES string of the molecule is O=C1CCC(N2Cc3c(ccc(CN4CCN(C(c5ccccc5F)c5ccccc5F)C4=O)c3F)C2=O)C(=O)N1. The van der Waals surface area contributed by atoms with Crippen LogP contribution in [0.2, 0.25) is 0 Å². The van der Waals surface area contributed by atoms with E-state index in [1.807, 2.05) is 0 Å². The largest absolute Gasteiger partial charge is 0.322 e. The van der Waals surface area contributed by atoms with E-state index in [1.165, 1.54) is 63.2 Å². The molecule has 2 fully saturated rings. The topological polar surface area (TPSA) is 90.0 Å². The van der Waals surface area contributed by atoms with E-state index in [0.717, 1.165) is 0 Å². The highest BCUT2D eigenvalue weighted by Gasteiger charge is 2.42. The lowest BCUT2D eigenvalue weighted by molar-refractivity contribution is -0.136. The molecule has 41 heavy (non-hydrogen) atoms. The number of hydrogen-bond acceptors (Lipinski definition) is 4. The summed E-state index contributed by atoms with van der Waals surface area (Å²) < 4.78 is 45.5. The molecule has 5 amide bonds. The Hall–Kier alpha value is -4.67. The molecule has 0 bridgehead atoms. The summed E-state index contributed by atoms with van der Waals surface area (Å²) in [7, 11) is 0. The van der Waals surface area contributed by atoms with Crippen LogP contribution in [-0.2, 0) is 22.7 Å². The van der Waals surface area contributed by atoms with Crippen molar-refractivity contribution in [2.24, 2.45) is 0 Å².